The first-order chi connectivity index (χ1) is 12.6. The fraction of sp³-hybridized carbons (Fsp3) is 0.526. The molecule has 7 nitrogen and oxygen atoms in total. The number of nitrogens with zero attached hydrogens (tertiary/aromatic N) is 3. The van der Waals surface area contributed by atoms with Crippen LogP contribution in [0.4, 0.5) is 10.5 Å². The molecular formula is C19H25N5O2. The van der Waals surface area contributed by atoms with Crippen LogP contribution in [0.25, 0.3) is 11.4 Å². The first-order valence-corrected chi connectivity index (χ1v) is 9.29. The van der Waals surface area contributed by atoms with Crippen LogP contribution in [0.2, 0.25) is 0 Å². The standard InChI is InChI=1S/C19H25N5O2/c1-24-13-20-23-17(24)14-5-7-15(8-6-14)21-18(25)22-16-11-19(26-12-16)9-3-2-4-10-19/h5-8,13,16H,2-4,9-12H2,1H3,(H2,21,22,25)/t16-/m1/s1. The second kappa shape index (κ2) is 7.07. The minimum Gasteiger partial charge on any atom is -0.373 e. The molecule has 2 amide bonds. The number of rotatable bonds is 3. The maximum absolute atomic E-state index is 12.3. The molecule has 1 aliphatic carbocycles. The van der Waals surface area contributed by atoms with Gasteiger partial charge in [-0.3, -0.25) is 0 Å². The van der Waals surface area contributed by atoms with Gasteiger partial charge < -0.3 is 19.9 Å². The number of ether oxygens (including phenoxy) is 1. The van der Waals surface area contributed by atoms with Gasteiger partial charge in [-0.2, -0.15) is 0 Å². The summed E-state index contributed by atoms with van der Waals surface area (Å²) in [6, 6.07) is 7.50. The van der Waals surface area contributed by atoms with Crippen LogP contribution in [-0.4, -0.2) is 39.0 Å². The molecular weight excluding hydrogens is 330 g/mol. The number of nitrogens with one attached hydrogen (secondary N) is 2. The van der Waals surface area contributed by atoms with Crippen molar-refractivity contribution >= 4 is 11.7 Å². The normalized spacial score (nSPS) is 21.7. The van der Waals surface area contributed by atoms with E-state index < -0.39 is 0 Å². The highest BCUT2D eigenvalue weighted by Gasteiger charge is 2.41. The van der Waals surface area contributed by atoms with E-state index in [0.717, 1.165) is 36.3 Å². The molecule has 1 aromatic heterocycles. The molecule has 1 spiro atoms. The molecule has 1 aromatic carbocycles. The van der Waals surface area contributed by atoms with Crippen LogP contribution in [0.5, 0.6) is 0 Å². The van der Waals surface area contributed by atoms with Gasteiger partial charge in [-0.05, 0) is 43.5 Å². The third-order valence-corrected chi connectivity index (χ3v) is 5.42. The number of hydrogen-bond acceptors (Lipinski definition) is 4. The molecule has 1 aliphatic heterocycles. The molecule has 0 unspecified atom stereocenters. The summed E-state index contributed by atoms with van der Waals surface area (Å²) in [4.78, 5) is 12.3. The number of benzene rings is 1. The number of carbonyl (C=O) groups is 1. The SMILES string of the molecule is Cn1cnnc1-c1ccc(NC(=O)N[C@H]2COC3(CCCCC3)C2)cc1. The Bertz CT molecular complexity index is 764. The summed E-state index contributed by atoms with van der Waals surface area (Å²) >= 11 is 0. The van der Waals surface area contributed by atoms with Crippen molar-refractivity contribution in [2.24, 2.45) is 7.05 Å². The largest absolute Gasteiger partial charge is 0.373 e. The number of hydrogen-bond donors (Lipinski definition) is 2. The molecule has 0 bridgehead atoms. The molecule has 2 N–H and O–H groups in total. The van der Waals surface area contributed by atoms with Crippen LogP contribution in [-0.2, 0) is 11.8 Å². The van der Waals surface area contributed by atoms with Crippen molar-refractivity contribution in [1.82, 2.24) is 20.1 Å². The lowest BCUT2D eigenvalue weighted by Gasteiger charge is -2.32. The van der Waals surface area contributed by atoms with E-state index in [4.69, 9.17) is 4.74 Å². The third kappa shape index (κ3) is 3.58. The molecule has 26 heavy (non-hydrogen) atoms. The Labute approximate surface area is 153 Å². The van der Waals surface area contributed by atoms with E-state index in [1.807, 2.05) is 35.9 Å². The van der Waals surface area contributed by atoms with Gasteiger partial charge >= 0.3 is 6.03 Å². The number of aromatic nitrogens is 3. The molecule has 1 saturated carbocycles. The second-order valence-corrected chi connectivity index (χ2v) is 7.40. The van der Waals surface area contributed by atoms with Crippen molar-refractivity contribution in [3.05, 3.63) is 30.6 Å². The molecule has 7 heteroatoms. The quantitative estimate of drug-likeness (QED) is 0.886. The zero-order valence-corrected chi connectivity index (χ0v) is 15.1. The average molecular weight is 355 g/mol. The molecule has 0 radical (unpaired) electrons. The van der Waals surface area contributed by atoms with Gasteiger partial charge in [0, 0.05) is 18.3 Å². The van der Waals surface area contributed by atoms with Crippen LogP contribution in [0.3, 0.4) is 0 Å². The van der Waals surface area contributed by atoms with Crippen LogP contribution >= 0.6 is 0 Å². The van der Waals surface area contributed by atoms with Gasteiger partial charge in [0.05, 0.1) is 18.2 Å². The molecule has 2 heterocycles. The van der Waals surface area contributed by atoms with E-state index in [-0.39, 0.29) is 17.7 Å². The summed E-state index contributed by atoms with van der Waals surface area (Å²) < 4.78 is 7.91. The Balaban J connectivity index is 1.32. The predicted molar refractivity (Wildman–Crippen MR) is 98.8 cm³/mol. The number of amides is 2. The van der Waals surface area contributed by atoms with Gasteiger partial charge in [0.1, 0.15) is 6.33 Å². The van der Waals surface area contributed by atoms with Gasteiger partial charge in [0.15, 0.2) is 5.82 Å². The van der Waals surface area contributed by atoms with Gasteiger partial charge in [-0.15, -0.1) is 10.2 Å². The first-order valence-electron chi connectivity index (χ1n) is 9.29. The van der Waals surface area contributed by atoms with Crippen molar-refractivity contribution in [1.29, 1.82) is 0 Å². The highest BCUT2D eigenvalue weighted by atomic mass is 16.5. The Morgan fingerprint density at radius 3 is 2.69 bits per heavy atom. The first kappa shape index (κ1) is 17.0. The number of anilines is 1. The van der Waals surface area contributed by atoms with Gasteiger partial charge in [-0.1, -0.05) is 19.3 Å². The minimum absolute atomic E-state index is 0.00788. The summed E-state index contributed by atoms with van der Waals surface area (Å²) in [6.45, 7) is 0.610. The molecule has 2 fully saturated rings. The lowest BCUT2D eigenvalue weighted by Crippen LogP contribution is -2.39. The maximum atomic E-state index is 12.3. The fourth-order valence-electron chi connectivity index (χ4n) is 4.08. The number of urea groups is 1. The molecule has 2 aromatic rings. The second-order valence-electron chi connectivity index (χ2n) is 7.40. The van der Waals surface area contributed by atoms with Crippen molar-refractivity contribution in [2.75, 3.05) is 11.9 Å². The number of aryl methyl sites for hydroxylation is 1. The van der Waals surface area contributed by atoms with E-state index in [0.29, 0.717) is 6.61 Å². The highest BCUT2D eigenvalue weighted by molar-refractivity contribution is 5.89. The number of carbonyl (C=O) groups excluding carboxylic acids is 1. The Morgan fingerprint density at radius 1 is 1.23 bits per heavy atom. The van der Waals surface area contributed by atoms with Gasteiger partial charge in [0.25, 0.3) is 0 Å². The van der Waals surface area contributed by atoms with Crippen molar-refractivity contribution < 1.29 is 9.53 Å². The van der Waals surface area contributed by atoms with Gasteiger partial charge in [-0.25, -0.2) is 4.79 Å². The predicted octanol–water partition coefficient (Wildman–Crippen LogP) is 3.10. The topological polar surface area (TPSA) is 81.1 Å². The summed E-state index contributed by atoms with van der Waals surface area (Å²) in [7, 11) is 1.90. The summed E-state index contributed by atoms with van der Waals surface area (Å²) in [5.74, 6) is 0.793. The smallest absolute Gasteiger partial charge is 0.319 e. The molecule has 138 valence electrons. The van der Waals surface area contributed by atoms with E-state index in [9.17, 15) is 4.79 Å². The lowest BCUT2D eigenvalue weighted by atomic mass is 9.82. The lowest BCUT2D eigenvalue weighted by molar-refractivity contribution is -0.0245. The summed E-state index contributed by atoms with van der Waals surface area (Å²) in [5, 5.41) is 13.9. The average Bonchev–Trinajstić information content (AvgIpc) is 3.23. The molecule has 2 aliphatic rings. The van der Waals surface area contributed by atoms with Gasteiger partial charge in [0.2, 0.25) is 0 Å². The zero-order valence-electron chi connectivity index (χ0n) is 15.1. The highest BCUT2D eigenvalue weighted by Crippen LogP contribution is 2.39. The van der Waals surface area contributed by atoms with E-state index in [2.05, 4.69) is 20.8 Å². The maximum Gasteiger partial charge on any atom is 0.319 e. The van der Waals surface area contributed by atoms with Crippen molar-refractivity contribution in [3.63, 3.8) is 0 Å². The Morgan fingerprint density at radius 2 is 2.00 bits per heavy atom. The van der Waals surface area contributed by atoms with E-state index in [1.54, 1.807) is 6.33 Å². The minimum atomic E-state index is -0.183. The Kier molecular flexibility index (Phi) is 4.63. The zero-order chi connectivity index (χ0) is 18.0. The van der Waals surface area contributed by atoms with Crippen LogP contribution in [0, 0.1) is 0 Å². The third-order valence-electron chi connectivity index (χ3n) is 5.42. The molecule has 1 saturated heterocycles. The van der Waals surface area contributed by atoms with Crippen LogP contribution < -0.4 is 10.6 Å². The summed E-state index contributed by atoms with van der Waals surface area (Å²) in [5.41, 5.74) is 1.72. The molecule has 1 atom stereocenters. The monoisotopic (exact) mass is 355 g/mol. The van der Waals surface area contributed by atoms with E-state index in [1.165, 1.54) is 19.3 Å². The van der Waals surface area contributed by atoms with Crippen molar-refractivity contribution in [2.45, 2.75) is 50.2 Å². The Hall–Kier alpha value is -2.41. The summed E-state index contributed by atoms with van der Waals surface area (Å²) in [6.07, 6.45) is 8.59. The fourth-order valence-corrected chi connectivity index (χ4v) is 4.08. The van der Waals surface area contributed by atoms with Crippen LogP contribution in [0.15, 0.2) is 30.6 Å². The van der Waals surface area contributed by atoms with E-state index >= 15 is 0 Å². The molecule has 4 rings (SSSR count). The van der Waals surface area contributed by atoms with Crippen LogP contribution in [0.1, 0.15) is 38.5 Å². The van der Waals surface area contributed by atoms with Crippen molar-refractivity contribution in [3.8, 4) is 11.4 Å².